The van der Waals surface area contributed by atoms with Crippen molar-refractivity contribution in [2.75, 3.05) is 7.11 Å². The summed E-state index contributed by atoms with van der Waals surface area (Å²) < 4.78 is 38.9. The van der Waals surface area contributed by atoms with Gasteiger partial charge in [-0.25, -0.2) is 8.42 Å². The zero-order valence-corrected chi connectivity index (χ0v) is 18.6. The van der Waals surface area contributed by atoms with E-state index in [1.807, 2.05) is 0 Å². The quantitative estimate of drug-likeness (QED) is 0.445. The molecule has 7 nitrogen and oxygen atoms in total. The second kappa shape index (κ2) is 9.86. The van der Waals surface area contributed by atoms with Crippen molar-refractivity contribution >= 4 is 16.0 Å². The summed E-state index contributed by atoms with van der Waals surface area (Å²) in [6.07, 6.45) is 4.77. The monoisotopic (exact) mass is 432 g/mol. The second-order valence-electron chi connectivity index (χ2n) is 7.66. The van der Waals surface area contributed by atoms with Gasteiger partial charge in [0.1, 0.15) is 17.4 Å². The van der Waals surface area contributed by atoms with Gasteiger partial charge in [0.05, 0.1) is 12.0 Å². The first-order chi connectivity index (χ1) is 14.1. The van der Waals surface area contributed by atoms with Crippen LogP contribution in [0.3, 0.4) is 0 Å². The van der Waals surface area contributed by atoms with Crippen LogP contribution in [0.1, 0.15) is 32.8 Å². The highest BCUT2D eigenvalue weighted by atomic mass is 32.2. The van der Waals surface area contributed by atoms with E-state index in [4.69, 9.17) is 9.47 Å². The van der Waals surface area contributed by atoms with Gasteiger partial charge in [0, 0.05) is 18.9 Å². The van der Waals surface area contributed by atoms with E-state index in [1.165, 1.54) is 25.3 Å². The third-order valence-electron chi connectivity index (χ3n) is 4.14. The van der Waals surface area contributed by atoms with Crippen LogP contribution in [-0.4, -0.2) is 42.4 Å². The highest BCUT2D eigenvalue weighted by Crippen LogP contribution is 2.26. The molecule has 0 saturated carbocycles. The van der Waals surface area contributed by atoms with E-state index in [1.54, 1.807) is 57.4 Å². The van der Waals surface area contributed by atoms with Crippen molar-refractivity contribution in [2.45, 2.75) is 50.3 Å². The minimum atomic E-state index is -4.04. The number of hydrogen-bond acceptors (Lipinski definition) is 6. The summed E-state index contributed by atoms with van der Waals surface area (Å²) in [6, 6.07) is 8.41. The third-order valence-corrected chi connectivity index (χ3v) is 6.01. The van der Waals surface area contributed by atoms with E-state index < -0.39 is 27.6 Å². The summed E-state index contributed by atoms with van der Waals surface area (Å²) in [4.78, 5) is 17.0. The number of nitrogens with zero attached hydrogens (tertiary/aromatic N) is 2. The standard InChI is InChI=1S/C22H28N2O5S/c1-6-8-20(21(25)29-22(2,3)4)24(16-17-9-7-14-23-15-17)30(26,27)19-12-10-18(28-5)11-13-19/h6-7,9-15,20H,1,8,16H2,2-5H3/t20-/m1/s1. The summed E-state index contributed by atoms with van der Waals surface area (Å²) in [5.41, 5.74) is -0.118. The van der Waals surface area contributed by atoms with Crippen LogP contribution in [0.5, 0.6) is 5.75 Å². The first kappa shape index (κ1) is 23.6. The van der Waals surface area contributed by atoms with Gasteiger partial charge in [-0.05, 0) is 63.1 Å². The normalized spacial score (nSPS) is 13.0. The van der Waals surface area contributed by atoms with Crippen molar-refractivity contribution in [1.82, 2.24) is 9.29 Å². The number of carbonyl (C=O) groups is 1. The Balaban J connectivity index is 2.53. The van der Waals surface area contributed by atoms with Crippen molar-refractivity contribution in [2.24, 2.45) is 0 Å². The topological polar surface area (TPSA) is 85.8 Å². The SMILES string of the molecule is C=CC[C@H](C(=O)OC(C)(C)C)N(Cc1cccnc1)S(=O)(=O)c1ccc(OC)cc1. The predicted octanol–water partition coefficient (Wildman–Crippen LogP) is 3.57. The Morgan fingerprint density at radius 3 is 2.40 bits per heavy atom. The molecule has 0 spiro atoms. The average molecular weight is 433 g/mol. The lowest BCUT2D eigenvalue weighted by molar-refractivity contribution is -0.159. The van der Waals surface area contributed by atoms with Crippen molar-refractivity contribution in [3.8, 4) is 5.75 Å². The van der Waals surface area contributed by atoms with E-state index >= 15 is 0 Å². The molecule has 2 rings (SSSR count). The second-order valence-corrected chi connectivity index (χ2v) is 9.55. The molecular weight excluding hydrogens is 404 g/mol. The summed E-state index contributed by atoms with van der Waals surface area (Å²) in [6.45, 7) is 8.85. The van der Waals surface area contributed by atoms with E-state index in [0.717, 1.165) is 4.31 Å². The zero-order chi connectivity index (χ0) is 22.4. The first-order valence-electron chi connectivity index (χ1n) is 9.47. The summed E-state index contributed by atoms with van der Waals surface area (Å²) >= 11 is 0. The Labute approximate surface area is 178 Å². The van der Waals surface area contributed by atoms with Crippen LogP contribution in [0.4, 0.5) is 0 Å². The maximum absolute atomic E-state index is 13.5. The fraction of sp³-hybridized carbons (Fsp3) is 0.364. The molecule has 0 bridgehead atoms. The molecule has 0 aliphatic heterocycles. The predicted molar refractivity (Wildman–Crippen MR) is 114 cm³/mol. The minimum absolute atomic E-state index is 0.0417. The average Bonchev–Trinajstić information content (AvgIpc) is 2.70. The largest absolute Gasteiger partial charge is 0.497 e. The molecule has 1 aromatic carbocycles. The number of rotatable bonds is 9. The fourth-order valence-corrected chi connectivity index (χ4v) is 4.35. The Kier molecular flexibility index (Phi) is 7.75. The number of pyridine rings is 1. The molecular formula is C22H28N2O5S. The Hall–Kier alpha value is -2.71. The van der Waals surface area contributed by atoms with Crippen LogP contribution < -0.4 is 4.74 Å². The molecule has 1 aromatic heterocycles. The summed E-state index contributed by atoms with van der Waals surface area (Å²) in [5, 5.41) is 0. The van der Waals surface area contributed by atoms with Crippen LogP contribution in [0.25, 0.3) is 0 Å². The first-order valence-corrected chi connectivity index (χ1v) is 10.9. The van der Waals surface area contributed by atoms with Gasteiger partial charge in [0.2, 0.25) is 10.0 Å². The summed E-state index contributed by atoms with van der Waals surface area (Å²) in [5.74, 6) is -0.106. The molecule has 0 saturated heterocycles. The molecule has 1 heterocycles. The van der Waals surface area contributed by atoms with Gasteiger partial charge in [-0.2, -0.15) is 4.31 Å². The van der Waals surface area contributed by atoms with E-state index in [0.29, 0.717) is 11.3 Å². The lowest BCUT2D eigenvalue weighted by Crippen LogP contribution is -2.46. The lowest BCUT2D eigenvalue weighted by Gasteiger charge is -2.31. The number of sulfonamides is 1. The number of methoxy groups -OCH3 is 1. The Bertz CT molecular complexity index is 951. The van der Waals surface area contributed by atoms with Gasteiger partial charge in [0.15, 0.2) is 0 Å². The van der Waals surface area contributed by atoms with Crippen LogP contribution in [-0.2, 0) is 26.1 Å². The van der Waals surface area contributed by atoms with Crippen LogP contribution in [0, 0.1) is 0 Å². The van der Waals surface area contributed by atoms with Crippen LogP contribution in [0.15, 0.2) is 66.3 Å². The molecule has 0 amide bonds. The van der Waals surface area contributed by atoms with Gasteiger partial charge in [0.25, 0.3) is 0 Å². The van der Waals surface area contributed by atoms with Gasteiger partial charge in [-0.3, -0.25) is 9.78 Å². The van der Waals surface area contributed by atoms with Crippen LogP contribution >= 0.6 is 0 Å². The van der Waals surface area contributed by atoms with Crippen LogP contribution in [0.2, 0.25) is 0 Å². The molecule has 2 aromatic rings. The molecule has 30 heavy (non-hydrogen) atoms. The highest BCUT2D eigenvalue weighted by Gasteiger charge is 2.37. The van der Waals surface area contributed by atoms with Gasteiger partial charge >= 0.3 is 5.97 Å². The Morgan fingerprint density at radius 1 is 1.23 bits per heavy atom. The minimum Gasteiger partial charge on any atom is -0.497 e. The number of hydrogen-bond donors (Lipinski definition) is 0. The highest BCUT2D eigenvalue weighted by molar-refractivity contribution is 7.89. The third kappa shape index (κ3) is 6.14. The van der Waals surface area contributed by atoms with E-state index in [2.05, 4.69) is 11.6 Å². The van der Waals surface area contributed by atoms with Crippen molar-refractivity contribution in [3.05, 3.63) is 67.0 Å². The zero-order valence-electron chi connectivity index (χ0n) is 17.7. The summed E-state index contributed by atoms with van der Waals surface area (Å²) in [7, 11) is -2.54. The van der Waals surface area contributed by atoms with Gasteiger partial charge in [-0.1, -0.05) is 12.1 Å². The van der Waals surface area contributed by atoms with Crippen molar-refractivity contribution < 1.29 is 22.7 Å². The molecule has 0 aliphatic carbocycles. The van der Waals surface area contributed by atoms with Crippen molar-refractivity contribution in [3.63, 3.8) is 0 Å². The molecule has 0 radical (unpaired) electrons. The Morgan fingerprint density at radius 2 is 1.90 bits per heavy atom. The molecule has 0 aliphatic rings. The fourth-order valence-electron chi connectivity index (χ4n) is 2.78. The number of benzene rings is 1. The number of carbonyl (C=O) groups excluding carboxylic acids is 1. The molecule has 0 N–H and O–H groups in total. The smallest absolute Gasteiger partial charge is 0.325 e. The molecule has 162 valence electrons. The van der Waals surface area contributed by atoms with E-state index in [9.17, 15) is 13.2 Å². The van der Waals surface area contributed by atoms with Gasteiger partial charge in [-0.15, -0.1) is 6.58 Å². The number of aromatic nitrogens is 1. The van der Waals surface area contributed by atoms with Gasteiger partial charge < -0.3 is 9.47 Å². The molecule has 0 fully saturated rings. The molecule has 8 heteroatoms. The maximum atomic E-state index is 13.5. The maximum Gasteiger partial charge on any atom is 0.325 e. The molecule has 1 atom stereocenters. The number of ether oxygens (including phenoxy) is 2. The lowest BCUT2D eigenvalue weighted by atomic mass is 10.1. The van der Waals surface area contributed by atoms with Crippen molar-refractivity contribution in [1.29, 1.82) is 0 Å². The molecule has 0 unspecified atom stereocenters. The number of esters is 1. The van der Waals surface area contributed by atoms with E-state index in [-0.39, 0.29) is 17.9 Å².